The molecule has 2 aliphatic heterocycles. The first-order valence-electron chi connectivity index (χ1n) is 7.87. The fraction of sp³-hybridized carbons (Fsp3) is 0.600. The molecule has 1 amide bonds. The van der Waals surface area contributed by atoms with Crippen LogP contribution in [0.2, 0.25) is 0 Å². The first-order valence-corrected chi connectivity index (χ1v) is 9.31. The summed E-state index contributed by atoms with van der Waals surface area (Å²) in [6.45, 7) is 1.21. The highest BCUT2D eigenvalue weighted by molar-refractivity contribution is 7.89. The number of halogens is 2. The molecule has 2 fully saturated rings. The topological polar surface area (TPSA) is 82.6 Å². The highest BCUT2D eigenvalue weighted by Crippen LogP contribution is 2.21. The molecule has 2 saturated heterocycles. The van der Waals surface area contributed by atoms with Gasteiger partial charge in [0.2, 0.25) is 15.9 Å². The standard InChI is InChI=1S/C15H22N4O3S.2ClH/c1-18(23(21,22)14-3-2-7-16-9-14)11-15(20)19-8-6-12-4-5-13(10-19)17-12;;/h2-3,7,9,12-13,17H,4-6,8,10-11H2,1H3;2*1H. The van der Waals surface area contributed by atoms with Crippen molar-refractivity contribution in [2.45, 2.75) is 36.2 Å². The lowest BCUT2D eigenvalue weighted by molar-refractivity contribution is -0.131. The van der Waals surface area contributed by atoms with Crippen LogP contribution in [0, 0.1) is 0 Å². The Labute approximate surface area is 161 Å². The molecular weight excluding hydrogens is 387 g/mol. The van der Waals surface area contributed by atoms with Gasteiger partial charge in [0.25, 0.3) is 0 Å². The summed E-state index contributed by atoms with van der Waals surface area (Å²) in [5.41, 5.74) is 0. The molecule has 0 aliphatic carbocycles. The monoisotopic (exact) mass is 410 g/mol. The van der Waals surface area contributed by atoms with Crippen LogP contribution in [0.1, 0.15) is 19.3 Å². The van der Waals surface area contributed by atoms with Crippen molar-refractivity contribution in [1.29, 1.82) is 0 Å². The molecule has 142 valence electrons. The molecule has 1 aromatic rings. The lowest BCUT2D eigenvalue weighted by Crippen LogP contribution is -2.44. The third-order valence-corrected chi connectivity index (χ3v) is 6.36. The Kier molecular flexibility index (Phi) is 8.08. The fourth-order valence-electron chi connectivity index (χ4n) is 3.22. The Morgan fingerprint density at radius 1 is 1.32 bits per heavy atom. The molecule has 0 spiro atoms. The number of rotatable bonds is 4. The number of sulfonamides is 1. The summed E-state index contributed by atoms with van der Waals surface area (Å²) < 4.78 is 26.0. The zero-order valence-electron chi connectivity index (χ0n) is 14.0. The van der Waals surface area contributed by atoms with Gasteiger partial charge >= 0.3 is 0 Å². The van der Waals surface area contributed by atoms with Gasteiger partial charge in [-0.15, -0.1) is 24.8 Å². The van der Waals surface area contributed by atoms with Gasteiger partial charge in [0.1, 0.15) is 4.90 Å². The maximum absolute atomic E-state index is 12.5. The molecule has 2 bridgehead atoms. The van der Waals surface area contributed by atoms with Gasteiger partial charge in [0.05, 0.1) is 6.54 Å². The lowest BCUT2D eigenvalue weighted by Gasteiger charge is -2.26. The van der Waals surface area contributed by atoms with E-state index in [0.29, 0.717) is 25.2 Å². The van der Waals surface area contributed by atoms with E-state index in [2.05, 4.69) is 10.3 Å². The van der Waals surface area contributed by atoms with E-state index >= 15 is 0 Å². The zero-order valence-corrected chi connectivity index (χ0v) is 16.4. The Bertz CT molecular complexity index is 675. The molecule has 0 saturated carbocycles. The Hall–Kier alpha value is -0.930. The van der Waals surface area contributed by atoms with Crippen molar-refractivity contribution in [3.05, 3.63) is 24.5 Å². The Balaban J connectivity index is 0.00000156. The molecule has 3 heterocycles. The normalized spacial score (nSPS) is 22.7. The van der Waals surface area contributed by atoms with Crippen molar-refractivity contribution < 1.29 is 13.2 Å². The van der Waals surface area contributed by atoms with Gasteiger partial charge in [-0.3, -0.25) is 9.78 Å². The minimum Gasteiger partial charge on any atom is -0.340 e. The summed E-state index contributed by atoms with van der Waals surface area (Å²) in [6, 6.07) is 3.89. The summed E-state index contributed by atoms with van der Waals surface area (Å²) in [4.78, 5) is 18.2. The molecule has 25 heavy (non-hydrogen) atoms. The number of amides is 1. The van der Waals surface area contributed by atoms with E-state index in [1.807, 2.05) is 0 Å². The molecule has 3 rings (SSSR count). The molecule has 0 radical (unpaired) electrons. The van der Waals surface area contributed by atoms with Crippen LogP contribution in [0.25, 0.3) is 0 Å². The Morgan fingerprint density at radius 3 is 2.72 bits per heavy atom. The molecule has 2 unspecified atom stereocenters. The van der Waals surface area contributed by atoms with Gasteiger partial charge in [0, 0.05) is 44.6 Å². The van der Waals surface area contributed by atoms with Crippen LogP contribution in [0.5, 0.6) is 0 Å². The summed E-state index contributed by atoms with van der Waals surface area (Å²) in [5, 5.41) is 3.51. The maximum atomic E-state index is 12.5. The number of aromatic nitrogens is 1. The molecule has 10 heteroatoms. The third-order valence-electron chi connectivity index (χ3n) is 4.58. The van der Waals surface area contributed by atoms with E-state index in [1.165, 1.54) is 31.9 Å². The lowest BCUT2D eigenvalue weighted by atomic mass is 10.1. The zero-order chi connectivity index (χ0) is 16.4. The fourth-order valence-corrected chi connectivity index (χ4v) is 4.31. The van der Waals surface area contributed by atoms with Crippen molar-refractivity contribution in [1.82, 2.24) is 19.5 Å². The van der Waals surface area contributed by atoms with Gasteiger partial charge in [-0.05, 0) is 31.4 Å². The number of nitrogens with zero attached hydrogens (tertiary/aromatic N) is 3. The summed E-state index contributed by atoms with van der Waals surface area (Å²) in [5.74, 6) is -0.144. The number of hydrogen-bond acceptors (Lipinski definition) is 5. The van der Waals surface area contributed by atoms with Gasteiger partial charge < -0.3 is 10.2 Å². The molecule has 7 nitrogen and oxygen atoms in total. The highest BCUT2D eigenvalue weighted by Gasteiger charge is 2.32. The number of nitrogens with one attached hydrogen (secondary N) is 1. The minimum atomic E-state index is -3.68. The number of pyridine rings is 1. The molecule has 1 N–H and O–H groups in total. The largest absolute Gasteiger partial charge is 0.340 e. The number of carbonyl (C=O) groups excluding carboxylic acids is 1. The summed E-state index contributed by atoms with van der Waals surface area (Å²) in [7, 11) is -2.25. The number of fused-ring (bicyclic) bond motifs is 2. The third kappa shape index (κ3) is 5.04. The summed E-state index contributed by atoms with van der Waals surface area (Å²) in [6.07, 6.45) is 6.00. The van der Waals surface area contributed by atoms with E-state index in [1.54, 1.807) is 11.0 Å². The van der Waals surface area contributed by atoms with Crippen molar-refractivity contribution in [2.24, 2.45) is 0 Å². The molecular formula is C15H24Cl2N4O3S. The predicted molar refractivity (Wildman–Crippen MR) is 99.7 cm³/mol. The van der Waals surface area contributed by atoms with Crippen LogP contribution >= 0.6 is 24.8 Å². The second kappa shape index (κ2) is 9.14. The van der Waals surface area contributed by atoms with E-state index in [0.717, 1.165) is 17.1 Å². The number of hydrogen-bond donors (Lipinski definition) is 1. The SMILES string of the molecule is CN(CC(=O)N1CCC2CCC(C1)N2)S(=O)(=O)c1cccnc1.Cl.Cl. The summed E-state index contributed by atoms with van der Waals surface area (Å²) >= 11 is 0. The van der Waals surface area contributed by atoms with E-state index in [4.69, 9.17) is 0 Å². The van der Waals surface area contributed by atoms with Crippen molar-refractivity contribution >= 4 is 40.7 Å². The second-order valence-corrected chi connectivity index (χ2v) is 8.26. The average Bonchev–Trinajstić information content (AvgIpc) is 2.87. The quantitative estimate of drug-likeness (QED) is 0.796. The van der Waals surface area contributed by atoms with Gasteiger partial charge in [0.15, 0.2) is 0 Å². The smallest absolute Gasteiger partial charge is 0.244 e. The average molecular weight is 411 g/mol. The number of carbonyl (C=O) groups is 1. The van der Waals surface area contributed by atoms with Crippen LogP contribution in [0.3, 0.4) is 0 Å². The van der Waals surface area contributed by atoms with Crippen molar-refractivity contribution in [2.75, 3.05) is 26.7 Å². The van der Waals surface area contributed by atoms with Gasteiger partial charge in [-0.25, -0.2) is 8.42 Å². The first-order chi connectivity index (χ1) is 11.0. The Morgan fingerprint density at radius 2 is 2.04 bits per heavy atom. The minimum absolute atomic E-state index is 0. The van der Waals surface area contributed by atoms with Crippen LogP contribution in [-0.4, -0.2) is 67.3 Å². The number of likely N-dealkylation sites (tertiary alicyclic amines) is 1. The molecule has 1 aromatic heterocycles. The van der Waals surface area contributed by atoms with Crippen LogP contribution < -0.4 is 5.32 Å². The molecule has 2 aliphatic rings. The van der Waals surface area contributed by atoms with Crippen LogP contribution in [0.4, 0.5) is 0 Å². The van der Waals surface area contributed by atoms with Crippen molar-refractivity contribution in [3.8, 4) is 0 Å². The van der Waals surface area contributed by atoms with Gasteiger partial charge in [-0.2, -0.15) is 4.31 Å². The second-order valence-electron chi connectivity index (χ2n) is 6.22. The number of likely N-dealkylation sites (N-methyl/N-ethyl adjacent to an activating group) is 1. The first kappa shape index (κ1) is 22.1. The van der Waals surface area contributed by atoms with E-state index < -0.39 is 10.0 Å². The van der Waals surface area contributed by atoms with Crippen molar-refractivity contribution in [3.63, 3.8) is 0 Å². The van der Waals surface area contributed by atoms with Gasteiger partial charge in [-0.1, -0.05) is 0 Å². The van der Waals surface area contributed by atoms with E-state index in [9.17, 15) is 13.2 Å². The van der Waals surface area contributed by atoms with Crippen LogP contribution in [-0.2, 0) is 14.8 Å². The molecule has 0 aromatic carbocycles. The maximum Gasteiger partial charge on any atom is 0.244 e. The van der Waals surface area contributed by atoms with Crippen LogP contribution in [0.15, 0.2) is 29.4 Å². The predicted octanol–water partition coefficient (Wildman–Crippen LogP) is 0.899. The molecule has 2 atom stereocenters. The highest BCUT2D eigenvalue weighted by atomic mass is 35.5. The van der Waals surface area contributed by atoms with E-state index in [-0.39, 0.29) is 42.2 Å².